The second-order valence-electron chi connectivity index (χ2n) is 6.20. The molecular formula is C19H26N2O6. The van der Waals surface area contributed by atoms with Gasteiger partial charge >= 0.3 is 11.7 Å². The lowest BCUT2D eigenvalue weighted by atomic mass is 9.98. The number of ether oxygens (including phenoxy) is 3. The molecule has 8 nitrogen and oxygen atoms in total. The van der Waals surface area contributed by atoms with Crippen LogP contribution in [0.3, 0.4) is 0 Å². The number of hydrogen-bond donors (Lipinski definition) is 0. The van der Waals surface area contributed by atoms with Gasteiger partial charge in [0.25, 0.3) is 5.56 Å². The van der Waals surface area contributed by atoms with Crippen LogP contribution in [0, 0.1) is 5.92 Å². The van der Waals surface area contributed by atoms with Crippen molar-refractivity contribution in [2.75, 3.05) is 13.2 Å². The fourth-order valence-electron chi connectivity index (χ4n) is 3.12. The third-order valence-corrected chi connectivity index (χ3v) is 4.47. The number of rotatable bonds is 8. The van der Waals surface area contributed by atoms with E-state index in [1.165, 1.54) is 16.8 Å². The van der Waals surface area contributed by atoms with Gasteiger partial charge in [0.05, 0.1) is 19.3 Å². The Labute approximate surface area is 157 Å². The van der Waals surface area contributed by atoms with Crippen molar-refractivity contribution in [3.63, 3.8) is 0 Å². The summed E-state index contributed by atoms with van der Waals surface area (Å²) >= 11 is 0. The van der Waals surface area contributed by atoms with Crippen LogP contribution in [0.1, 0.15) is 33.4 Å². The molecule has 0 aliphatic carbocycles. The van der Waals surface area contributed by atoms with Gasteiger partial charge in [-0.2, -0.15) is 0 Å². The number of carbonyl (C=O) groups is 1. The smallest absolute Gasteiger partial charge is 0.337 e. The zero-order valence-electron chi connectivity index (χ0n) is 15.9. The highest BCUT2D eigenvalue weighted by Crippen LogP contribution is 2.36. The van der Waals surface area contributed by atoms with Gasteiger partial charge in [-0.1, -0.05) is 19.9 Å². The Balaban J connectivity index is 2.41. The summed E-state index contributed by atoms with van der Waals surface area (Å²) in [6.45, 7) is 9.84. The maximum Gasteiger partial charge on any atom is 0.337 e. The number of hydrogen-bond acceptors (Lipinski definition) is 6. The Kier molecular flexibility index (Phi) is 7.32. The molecule has 1 aromatic heterocycles. The van der Waals surface area contributed by atoms with Gasteiger partial charge in [-0.15, -0.1) is 6.58 Å². The first-order valence-corrected chi connectivity index (χ1v) is 9.01. The zero-order chi connectivity index (χ0) is 20.0. The maximum atomic E-state index is 12.8. The van der Waals surface area contributed by atoms with Crippen molar-refractivity contribution in [2.45, 2.75) is 45.6 Å². The van der Waals surface area contributed by atoms with E-state index in [2.05, 4.69) is 6.58 Å². The summed E-state index contributed by atoms with van der Waals surface area (Å²) in [6, 6.07) is 1.24. The Morgan fingerprint density at radius 2 is 2.11 bits per heavy atom. The summed E-state index contributed by atoms with van der Waals surface area (Å²) < 4.78 is 18.8. The Hall–Kier alpha value is -2.45. The second kappa shape index (κ2) is 9.48. The molecule has 8 heteroatoms. The second-order valence-corrected chi connectivity index (χ2v) is 6.20. The fourth-order valence-corrected chi connectivity index (χ4v) is 3.12. The minimum atomic E-state index is -0.680. The van der Waals surface area contributed by atoms with Crippen LogP contribution < -0.4 is 11.2 Å². The number of nitrogens with zero attached hydrogens (tertiary/aromatic N) is 2. The third kappa shape index (κ3) is 4.64. The molecular weight excluding hydrogens is 352 g/mol. The van der Waals surface area contributed by atoms with E-state index in [1.54, 1.807) is 13.0 Å². The van der Waals surface area contributed by atoms with Crippen LogP contribution in [0.15, 0.2) is 40.6 Å². The zero-order valence-corrected chi connectivity index (χ0v) is 15.9. The molecule has 0 radical (unpaired) electrons. The lowest BCUT2D eigenvalue weighted by molar-refractivity contribution is -0.137. The molecule has 1 aromatic rings. The lowest BCUT2D eigenvalue weighted by Gasteiger charge is -2.22. The molecule has 0 unspecified atom stereocenters. The fraction of sp³-hybridized carbons (Fsp3) is 0.526. The molecule has 0 N–H and O–H groups in total. The minimum Gasteiger partial charge on any atom is -0.463 e. The number of carbonyl (C=O) groups excluding carboxylic acids is 1. The van der Waals surface area contributed by atoms with E-state index in [9.17, 15) is 14.4 Å². The molecule has 1 aliphatic rings. The van der Waals surface area contributed by atoms with Gasteiger partial charge in [0.1, 0.15) is 6.10 Å². The molecule has 0 spiro atoms. The third-order valence-electron chi connectivity index (χ3n) is 4.47. The van der Waals surface area contributed by atoms with Crippen molar-refractivity contribution in [2.24, 2.45) is 5.92 Å². The van der Waals surface area contributed by atoms with E-state index in [0.29, 0.717) is 6.61 Å². The van der Waals surface area contributed by atoms with E-state index < -0.39 is 23.4 Å². The van der Waals surface area contributed by atoms with Crippen molar-refractivity contribution < 1.29 is 19.0 Å². The first-order chi connectivity index (χ1) is 12.9. The molecule has 27 heavy (non-hydrogen) atoms. The summed E-state index contributed by atoms with van der Waals surface area (Å²) in [5.41, 5.74) is -1.18. The first kappa shape index (κ1) is 20.9. The van der Waals surface area contributed by atoms with Gasteiger partial charge < -0.3 is 14.2 Å². The summed E-state index contributed by atoms with van der Waals surface area (Å²) in [5.74, 6) is -0.578. The van der Waals surface area contributed by atoms with Crippen LogP contribution in [0.2, 0.25) is 0 Å². The van der Waals surface area contributed by atoms with E-state index in [0.717, 1.165) is 23.3 Å². The Morgan fingerprint density at radius 1 is 1.37 bits per heavy atom. The van der Waals surface area contributed by atoms with Gasteiger partial charge in [0.2, 0.25) is 0 Å². The molecule has 1 aliphatic heterocycles. The number of esters is 1. The van der Waals surface area contributed by atoms with Crippen LogP contribution in [0.25, 0.3) is 6.20 Å². The SMILES string of the molecule is C=CCO[C@@H]1[C@H](C)[C@@H](CC)O[C@H]1n1ccc(=O)n(/C=C/C(=O)OCC)c1=O. The molecule has 1 saturated heterocycles. The molecule has 2 rings (SSSR count). The monoisotopic (exact) mass is 378 g/mol. The van der Waals surface area contributed by atoms with Gasteiger partial charge in [0.15, 0.2) is 6.23 Å². The van der Waals surface area contributed by atoms with Crippen LogP contribution in [-0.2, 0) is 19.0 Å². The Bertz CT molecular complexity index is 809. The standard InChI is InChI=1S/C19H26N2O6/c1-5-12-26-17-13(4)14(6-2)27-18(17)21-10-8-15(22)20(19(21)24)11-9-16(23)25-7-3/h5,8-11,13-14,17-18H,1,6-7,12H2,2-4H3/b11-9+/t13-,14-,17-,18-/m1/s1. The lowest BCUT2D eigenvalue weighted by Crippen LogP contribution is -2.41. The topological polar surface area (TPSA) is 88.8 Å². The predicted molar refractivity (Wildman–Crippen MR) is 100 cm³/mol. The molecule has 2 heterocycles. The van der Waals surface area contributed by atoms with Crippen molar-refractivity contribution in [3.05, 3.63) is 51.8 Å². The average Bonchev–Trinajstić information content (AvgIpc) is 2.95. The summed E-state index contributed by atoms with van der Waals surface area (Å²) in [7, 11) is 0. The molecule has 0 saturated carbocycles. The molecule has 0 bridgehead atoms. The highest BCUT2D eigenvalue weighted by molar-refractivity contribution is 5.84. The first-order valence-electron chi connectivity index (χ1n) is 9.01. The summed E-state index contributed by atoms with van der Waals surface area (Å²) in [4.78, 5) is 36.4. The van der Waals surface area contributed by atoms with Crippen LogP contribution in [0.5, 0.6) is 0 Å². The number of aromatic nitrogens is 2. The predicted octanol–water partition coefficient (Wildman–Crippen LogP) is 1.56. The van der Waals surface area contributed by atoms with E-state index in [-0.39, 0.29) is 24.7 Å². The van der Waals surface area contributed by atoms with Crippen molar-refractivity contribution >= 4 is 12.2 Å². The van der Waals surface area contributed by atoms with Crippen molar-refractivity contribution in [3.8, 4) is 0 Å². The maximum absolute atomic E-state index is 12.8. The van der Waals surface area contributed by atoms with Gasteiger partial charge in [0, 0.05) is 30.5 Å². The van der Waals surface area contributed by atoms with E-state index in [4.69, 9.17) is 14.2 Å². The van der Waals surface area contributed by atoms with E-state index >= 15 is 0 Å². The molecule has 0 aromatic carbocycles. The van der Waals surface area contributed by atoms with Crippen LogP contribution in [0.4, 0.5) is 0 Å². The van der Waals surface area contributed by atoms with Gasteiger partial charge in [-0.25, -0.2) is 14.2 Å². The summed E-state index contributed by atoms with van der Waals surface area (Å²) in [5, 5.41) is 0. The van der Waals surface area contributed by atoms with Gasteiger partial charge in [-0.05, 0) is 13.3 Å². The molecule has 4 atom stereocenters. The highest BCUT2D eigenvalue weighted by Gasteiger charge is 2.43. The minimum absolute atomic E-state index is 0.0577. The van der Waals surface area contributed by atoms with Crippen molar-refractivity contribution in [1.82, 2.24) is 9.13 Å². The van der Waals surface area contributed by atoms with Crippen LogP contribution in [-0.4, -0.2) is 40.5 Å². The quantitative estimate of drug-likeness (QED) is 0.387. The normalized spacial score (nSPS) is 25.0. The largest absolute Gasteiger partial charge is 0.463 e. The van der Waals surface area contributed by atoms with E-state index in [1.807, 2.05) is 13.8 Å². The van der Waals surface area contributed by atoms with Crippen molar-refractivity contribution in [1.29, 1.82) is 0 Å². The molecule has 1 fully saturated rings. The van der Waals surface area contributed by atoms with Crippen LogP contribution >= 0.6 is 0 Å². The molecule has 148 valence electrons. The average molecular weight is 378 g/mol. The Morgan fingerprint density at radius 3 is 2.74 bits per heavy atom. The highest BCUT2D eigenvalue weighted by atomic mass is 16.6. The summed E-state index contributed by atoms with van der Waals surface area (Å²) in [6.07, 6.45) is 4.80. The van der Waals surface area contributed by atoms with Gasteiger partial charge in [-0.3, -0.25) is 9.36 Å². The molecule has 0 amide bonds.